The zero-order chi connectivity index (χ0) is 18.1. The smallest absolute Gasteiger partial charge is 0.363 e. The number of hydrogen-bond donors (Lipinski definition) is 0. The molecule has 0 saturated carbocycles. The summed E-state index contributed by atoms with van der Waals surface area (Å²) in [4.78, 5) is 26.6. The Morgan fingerprint density at radius 2 is 2.04 bits per heavy atom. The monoisotopic (exact) mass is 532 g/mol. The molecule has 0 fully saturated rings. The Morgan fingerprint density at radius 1 is 1.28 bits per heavy atom. The molecule has 0 aliphatic carbocycles. The first-order valence-electron chi connectivity index (χ1n) is 6.77. The number of carbonyl (C=O) groups excluding carboxylic acids is 1. The number of aliphatic imine (C=N–C) groups is 1. The van der Waals surface area contributed by atoms with Crippen molar-refractivity contribution >= 4 is 73.8 Å². The maximum Gasteiger partial charge on any atom is 0.363 e. The lowest BCUT2D eigenvalue weighted by Gasteiger charge is -2.01. The first-order chi connectivity index (χ1) is 11.8. The second-order valence-corrected chi connectivity index (χ2v) is 7.36. The zero-order valence-electron chi connectivity index (χ0n) is 12.2. The van der Waals surface area contributed by atoms with Gasteiger partial charge >= 0.3 is 5.97 Å². The average Bonchev–Trinajstić information content (AvgIpc) is 2.92. The van der Waals surface area contributed by atoms with E-state index in [2.05, 4.69) is 43.5 Å². The Kier molecular flexibility index (Phi) is 5.21. The average molecular weight is 534 g/mol. The van der Waals surface area contributed by atoms with Crippen molar-refractivity contribution in [2.24, 2.45) is 4.99 Å². The van der Waals surface area contributed by atoms with E-state index in [0.717, 1.165) is 8.04 Å². The van der Waals surface area contributed by atoms with Gasteiger partial charge in [-0.2, -0.15) is 0 Å². The Hall–Kier alpha value is -1.78. The lowest BCUT2D eigenvalue weighted by Crippen LogP contribution is -2.05. The Morgan fingerprint density at radius 3 is 2.72 bits per heavy atom. The molecule has 0 amide bonds. The number of nitro groups is 1. The second-order valence-electron chi connectivity index (χ2n) is 4.93. The van der Waals surface area contributed by atoms with E-state index in [0.29, 0.717) is 11.1 Å². The fourth-order valence-corrected chi connectivity index (χ4v) is 2.98. The number of nitrogens with zero attached hydrogens (tertiary/aromatic N) is 2. The molecule has 0 atom stereocenters. The summed E-state index contributed by atoms with van der Waals surface area (Å²) >= 11 is 11.4. The predicted octanol–water partition coefficient (Wildman–Crippen LogP) is 4.96. The van der Waals surface area contributed by atoms with Crippen LogP contribution in [0.5, 0.6) is 0 Å². The molecule has 2 aromatic carbocycles. The SMILES string of the molecule is O=C1OC(c2ccc(I)c(Br)c2)=N/C1=C\c1ccc(Cl)c([N+](=O)[O-])c1. The molecular formula is C16H7BrClIN2O4. The Bertz CT molecular complexity index is 975. The molecule has 0 N–H and O–H groups in total. The molecule has 1 aliphatic heterocycles. The minimum Gasteiger partial charge on any atom is -0.402 e. The van der Waals surface area contributed by atoms with Crippen LogP contribution < -0.4 is 0 Å². The van der Waals surface area contributed by atoms with Gasteiger partial charge in [-0.25, -0.2) is 9.79 Å². The summed E-state index contributed by atoms with van der Waals surface area (Å²) in [6, 6.07) is 9.68. The van der Waals surface area contributed by atoms with Crippen LogP contribution >= 0.6 is 50.1 Å². The van der Waals surface area contributed by atoms with Crippen molar-refractivity contribution in [1.29, 1.82) is 0 Å². The summed E-state index contributed by atoms with van der Waals surface area (Å²) in [7, 11) is 0. The number of benzene rings is 2. The highest BCUT2D eigenvalue weighted by atomic mass is 127. The van der Waals surface area contributed by atoms with Crippen LogP contribution in [0, 0.1) is 13.7 Å². The summed E-state index contributed by atoms with van der Waals surface area (Å²) in [5.41, 5.74) is 0.886. The second kappa shape index (κ2) is 7.22. The zero-order valence-corrected chi connectivity index (χ0v) is 16.7. The van der Waals surface area contributed by atoms with E-state index in [-0.39, 0.29) is 22.3 Å². The van der Waals surface area contributed by atoms with E-state index < -0.39 is 10.9 Å². The number of hydrogen-bond acceptors (Lipinski definition) is 5. The van der Waals surface area contributed by atoms with E-state index in [1.54, 1.807) is 18.2 Å². The van der Waals surface area contributed by atoms with Gasteiger partial charge in [-0.3, -0.25) is 10.1 Å². The van der Waals surface area contributed by atoms with Crippen molar-refractivity contribution in [1.82, 2.24) is 0 Å². The first kappa shape index (κ1) is 18.0. The first-order valence-corrected chi connectivity index (χ1v) is 9.02. The predicted molar refractivity (Wildman–Crippen MR) is 106 cm³/mol. The normalized spacial score (nSPS) is 15.2. The molecule has 6 nitrogen and oxygen atoms in total. The van der Waals surface area contributed by atoms with Crippen LogP contribution in [-0.2, 0) is 9.53 Å². The lowest BCUT2D eigenvalue weighted by atomic mass is 10.1. The molecular weight excluding hydrogens is 526 g/mol. The summed E-state index contributed by atoms with van der Waals surface area (Å²) in [6.07, 6.45) is 1.42. The maximum atomic E-state index is 12.0. The minimum absolute atomic E-state index is 0.0223. The number of cyclic esters (lactones) is 1. The third-order valence-corrected chi connectivity index (χ3v) is 5.91. The molecule has 126 valence electrons. The van der Waals surface area contributed by atoms with Gasteiger partial charge in [0, 0.05) is 19.7 Å². The van der Waals surface area contributed by atoms with Gasteiger partial charge in [0.1, 0.15) is 5.02 Å². The Balaban J connectivity index is 1.97. The molecule has 9 heteroatoms. The van der Waals surface area contributed by atoms with Crippen LogP contribution in [0.3, 0.4) is 0 Å². The standard InChI is InChI=1S/C16H7BrClIN2O4/c17-10-7-9(2-4-12(10)19)15-20-13(16(22)25-15)5-8-1-3-11(18)14(6-8)21(23)24/h1-7H/b13-5-. The molecule has 3 rings (SSSR count). The number of rotatable bonds is 3. The van der Waals surface area contributed by atoms with Crippen molar-refractivity contribution in [2.75, 3.05) is 0 Å². The van der Waals surface area contributed by atoms with Gasteiger partial charge in [-0.1, -0.05) is 17.7 Å². The van der Waals surface area contributed by atoms with Gasteiger partial charge in [-0.05, 0) is 74.4 Å². The topological polar surface area (TPSA) is 81.8 Å². The number of ether oxygens (including phenoxy) is 1. The molecule has 0 unspecified atom stereocenters. The van der Waals surface area contributed by atoms with E-state index in [1.165, 1.54) is 18.2 Å². The third kappa shape index (κ3) is 3.91. The maximum absolute atomic E-state index is 12.0. The van der Waals surface area contributed by atoms with Gasteiger partial charge in [-0.15, -0.1) is 0 Å². The molecule has 0 saturated heterocycles. The highest BCUT2D eigenvalue weighted by molar-refractivity contribution is 14.1. The number of nitro benzene ring substituents is 1. The van der Waals surface area contributed by atoms with Crippen molar-refractivity contribution in [3.05, 3.63) is 76.4 Å². The highest BCUT2D eigenvalue weighted by Crippen LogP contribution is 2.28. The summed E-state index contributed by atoms with van der Waals surface area (Å²) in [5.74, 6) is -0.445. The van der Waals surface area contributed by atoms with Crippen LogP contribution in [0.25, 0.3) is 6.08 Å². The fraction of sp³-hybridized carbons (Fsp3) is 0. The van der Waals surface area contributed by atoms with Crippen molar-refractivity contribution in [3.63, 3.8) is 0 Å². The summed E-state index contributed by atoms with van der Waals surface area (Å²) in [6.45, 7) is 0. The van der Waals surface area contributed by atoms with Crippen molar-refractivity contribution < 1.29 is 14.5 Å². The van der Waals surface area contributed by atoms with Gasteiger partial charge in [0.05, 0.1) is 4.92 Å². The minimum atomic E-state index is -0.623. The van der Waals surface area contributed by atoms with E-state index in [4.69, 9.17) is 16.3 Å². The van der Waals surface area contributed by atoms with Crippen LogP contribution in [0.15, 0.2) is 51.6 Å². The van der Waals surface area contributed by atoms with Gasteiger partial charge < -0.3 is 4.74 Å². The van der Waals surface area contributed by atoms with Gasteiger partial charge in [0.2, 0.25) is 5.90 Å². The number of carbonyl (C=O) groups is 1. The molecule has 0 bridgehead atoms. The van der Waals surface area contributed by atoms with Crippen LogP contribution in [0.1, 0.15) is 11.1 Å². The Labute approximate surface area is 169 Å². The van der Waals surface area contributed by atoms with E-state index in [1.807, 2.05) is 6.07 Å². The van der Waals surface area contributed by atoms with E-state index in [9.17, 15) is 14.9 Å². The summed E-state index contributed by atoms with van der Waals surface area (Å²) < 4.78 is 7.05. The molecule has 1 heterocycles. The van der Waals surface area contributed by atoms with Gasteiger partial charge in [0.25, 0.3) is 5.69 Å². The lowest BCUT2D eigenvalue weighted by molar-refractivity contribution is -0.384. The number of halogens is 3. The molecule has 0 aromatic heterocycles. The van der Waals surface area contributed by atoms with Crippen molar-refractivity contribution in [3.8, 4) is 0 Å². The molecule has 2 aromatic rings. The third-order valence-electron chi connectivity index (χ3n) is 3.26. The quantitative estimate of drug-likeness (QED) is 0.184. The molecule has 0 radical (unpaired) electrons. The van der Waals surface area contributed by atoms with Crippen LogP contribution in [0.2, 0.25) is 5.02 Å². The molecule has 0 spiro atoms. The number of esters is 1. The van der Waals surface area contributed by atoms with Crippen LogP contribution in [-0.4, -0.2) is 16.8 Å². The molecule has 1 aliphatic rings. The largest absolute Gasteiger partial charge is 0.402 e. The fourth-order valence-electron chi connectivity index (χ4n) is 2.08. The van der Waals surface area contributed by atoms with Crippen LogP contribution in [0.4, 0.5) is 5.69 Å². The highest BCUT2D eigenvalue weighted by Gasteiger charge is 2.25. The van der Waals surface area contributed by atoms with Crippen molar-refractivity contribution in [2.45, 2.75) is 0 Å². The van der Waals surface area contributed by atoms with E-state index >= 15 is 0 Å². The van der Waals surface area contributed by atoms with Gasteiger partial charge in [0.15, 0.2) is 5.70 Å². The summed E-state index contributed by atoms with van der Waals surface area (Å²) in [5, 5.41) is 11.0. The molecule has 25 heavy (non-hydrogen) atoms.